The van der Waals surface area contributed by atoms with Gasteiger partial charge in [0.05, 0.1) is 24.6 Å². The molecule has 0 saturated heterocycles. The van der Waals surface area contributed by atoms with Crippen LogP contribution in [0.3, 0.4) is 0 Å². The fraction of sp³-hybridized carbons (Fsp3) is 0.0556. The number of nitrogens with one attached hydrogen (secondary N) is 2. The first kappa shape index (κ1) is 18.6. The van der Waals surface area contributed by atoms with E-state index in [0.717, 1.165) is 10.8 Å². The molecule has 3 N–H and O–H groups in total. The van der Waals surface area contributed by atoms with E-state index in [0.29, 0.717) is 11.4 Å². The summed E-state index contributed by atoms with van der Waals surface area (Å²) in [6.45, 7) is 0. The molecule has 0 spiro atoms. The smallest absolute Gasteiger partial charge is 0.335 e. The molecule has 2 heterocycles. The van der Waals surface area contributed by atoms with E-state index >= 15 is 0 Å². The van der Waals surface area contributed by atoms with Gasteiger partial charge in [-0.1, -0.05) is 0 Å². The first-order valence-corrected chi connectivity index (χ1v) is 7.97. The molecule has 1 aromatic carbocycles. The highest BCUT2D eigenvalue weighted by molar-refractivity contribution is 5.94. The van der Waals surface area contributed by atoms with Gasteiger partial charge in [0.2, 0.25) is 5.88 Å². The van der Waals surface area contributed by atoms with Gasteiger partial charge in [0.1, 0.15) is 11.3 Å². The minimum absolute atomic E-state index is 0.265. The van der Waals surface area contributed by atoms with Crippen molar-refractivity contribution in [1.82, 2.24) is 20.0 Å². The Kier molecular flexibility index (Phi) is 5.30. The third kappa shape index (κ3) is 3.80. The Morgan fingerprint density at radius 1 is 1.29 bits per heavy atom. The van der Waals surface area contributed by atoms with E-state index < -0.39 is 23.0 Å². The van der Waals surface area contributed by atoms with Crippen LogP contribution in [-0.2, 0) is 0 Å². The lowest BCUT2D eigenvalue weighted by atomic mass is 10.2. The second-order valence-electron chi connectivity index (χ2n) is 5.47. The number of amides is 1. The van der Waals surface area contributed by atoms with Crippen molar-refractivity contribution in [2.75, 3.05) is 7.11 Å². The molecule has 142 valence electrons. The summed E-state index contributed by atoms with van der Waals surface area (Å²) in [6.07, 6.45) is 3.81. The van der Waals surface area contributed by atoms with Gasteiger partial charge in [0.15, 0.2) is 0 Å². The molecule has 0 radical (unpaired) electrons. The van der Waals surface area contributed by atoms with Gasteiger partial charge in [-0.2, -0.15) is 5.10 Å². The molecule has 10 nitrogen and oxygen atoms in total. The van der Waals surface area contributed by atoms with Crippen LogP contribution in [0.25, 0.3) is 5.69 Å². The number of aromatic hydroxyl groups is 1. The number of nitrogens with zero attached hydrogens (tertiary/aromatic N) is 3. The van der Waals surface area contributed by atoms with Crippen molar-refractivity contribution < 1.29 is 14.6 Å². The molecular weight excluding hydrogens is 366 g/mol. The van der Waals surface area contributed by atoms with Crippen LogP contribution in [-0.4, -0.2) is 38.9 Å². The fourth-order valence-corrected chi connectivity index (χ4v) is 2.34. The van der Waals surface area contributed by atoms with Crippen molar-refractivity contribution in [3.05, 3.63) is 80.8 Å². The van der Waals surface area contributed by atoms with Gasteiger partial charge in [-0.25, -0.2) is 14.8 Å². The number of carbonyl (C=O) groups excluding carboxylic acids is 1. The molecule has 0 aliphatic carbocycles. The molecule has 2 aromatic heterocycles. The van der Waals surface area contributed by atoms with Crippen molar-refractivity contribution in [2.24, 2.45) is 5.10 Å². The highest BCUT2D eigenvalue weighted by Crippen LogP contribution is 2.18. The highest BCUT2D eigenvalue weighted by atomic mass is 16.5. The van der Waals surface area contributed by atoms with Crippen LogP contribution in [0.2, 0.25) is 0 Å². The summed E-state index contributed by atoms with van der Waals surface area (Å²) in [5.41, 5.74) is 0.790. The fourth-order valence-electron chi connectivity index (χ4n) is 2.34. The lowest BCUT2D eigenvalue weighted by Gasteiger charge is -2.10. The second-order valence-corrected chi connectivity index (χ2v) is 5.47. The van der Waals surface area contributed by atoms with Crippen LogP contribution in [0.15, 0.2) is 63.5 Å². The molecule has 3 aromatic rings. The largest absolute Gasteiger partial charge is 0.497 e. The number of pyridine rings is 1. The van der Waals surface area contributed by atoms with Crippen LogP contribution in [0.5, 0.6) is 11.6 Å². The SMILES string of the molecule is COc1ccc(-n2c(O)c(C=NNC(=O)c3cccnc3)c(=O)[nH]c2=O)cc1. The number of H-pyrrole nitrogens is 1. The molecule has 0 atom stereocenters. The number of hydrogen-bond acceptors (Lipinski definition) is 7. The van der Waals surface area contributed by atoms with Gasteiger partial charge < -0.3 is 9.84 Å². The first-order chi connectivity index (χ1) is 13.5. The lowest BCUT2D eigenvalue weighted by Crippen LogP contribution is -2.31. The number of ether oxygens (including phenoxy) is 1. The third-order valence-corrected chi connectivity index (χ3v) is 3.73. The van der Waals surface area contributed by atoms with Crippen molar-refractivity contribution in [3.63, 3.8) is 0 Å². The van der Waals surface area contributed by atoms with Crippen molar-refractivity contribution in [1.29, 1.82) is 0 Å². The van der Waals surface area contributed by atoms with Crippen molar-refractivity contribution in [2.45, 2.75) is 0 Å². The van der Waals surface area contributed by atoms with Gasteiger partial charge in [0.25, 0.3) is 11.5 Å². The molecule has 0 aliphatic rings. The number of aromatic amines is 1. The molecule has 3 rings (SSSR count). The number of benzene rings is 1. The Hall–Kier alpha value is -4.21. The normalized spacial score (nSPS) is 10.8. The zero-order chi connectivity index (χ0) is 20.1. The number of methoxy groups -OCH3 is 1. The Morgan fingerprint density at radius 3 is 2.68 bits per heavy atom. The van der Waals surface area contributed by atoms with Crippen molar-refractivity contribution >= 4 is 12.1 Å². The zero-order valence-electron chi connectivity index (χ0n) is 14.6. The van der Waals surface area contributed by atoms with Crippen LogP contribution >= 0.6 is 0 Å². The predicted octanol–water partition coefficient (Wildman–Crippen LogP) is 0.399. The Labute approximate surface area is 157 Å². The summed E-state index contributed by atoms with van der Waals surface area (Å²) in [5, 5.41) is 14.1. The van der Waals surface area contributed by atoms with Gasteiger partial charge in [-0.05, 0) is 36.4 Å². The van der Waals surface area contributed by atoms with E-state index in [4.69, 9.17) is 4.74 Å². The average molecular weight is 381 g/mol. The summed E-state index contributed by atoms with van der Waals surface area (Å²) >= 11 is 0. The summed E-state index contributed by atoms with van der Waals surface area (Å²) in [5.74, 6) is -0.623. The van der Waals surface area contributed by atoms with Gasteiger partial charge >= 0.3 is 5.69 Å². The van der Waals surface area contributed by atoms with E-state index in [1.807, 2.05) is 0 Å². The molecule has 10 heteroatoms. The third-order valence-electron chi connectivity index (χ3n) is 3.73. The summed E-state index contributed by atoms with van der Waals surface area (Å²) < 4.78 is 5.94. The maximum absolute atomic E-state index is 12.1. The maximum atomic E-state index is 12.1. The summed E-state index contributed by atoms with van der Waals surface area (Å²) in [4.78, 5) is 42.0. The van der Waals surface area contributed by atoms with Gasteiger partial charge in [0, 0.05) is 12.4 Å². The van der Waals surface area contributed by atoms with Crippen molar-refractivity contribution in [3.8, 4) is 17.3 Å². The molecule has 0 bridgehead atoms. The van der Waals surface area contributed by atoms with Gasteiger partial charge in [-0.3, -0.25) is 19.6 Å². The monoisotopic (exact) mass is 381 g/mol. The molecule has 28 heavy (non-hydrogen) atoms. The maximum Gasteiger partial charge on any atom is 0.335 e. The number of hydrogen-bond donors (Lipinski definition) is 3. The summed E-state index contributed by atoms with van der Waals surface area (Å²) in [6, 6.07) is 9.36. The number of rotatable bonds is 5. The van der Waals surface area contributed by atoms with E-state index in [2.05, 4.69) is 20.5 Å². The second kappa shape index (κ2) is 7.99. The quantitative estimate of drug-likeness (QED) is 0.432. The van der Waals surface area contributed by atoms with E-state index in [1.54, 1.807) is 18.2 Å². The van der Waals surface area contributed by atoms with Crippen LogP contribution < -0.4 is 21.4 Å². The highest BCUT2D eigenvalue weighted by Gasteiger charge is 2.14. The Bertz CT molecular complexity index is 1130. The lowest BCUT2D eigenvalue weighted by molar-refractivity contribution is 0.0954. The minimum atomic E-state index is -0.855. The standard InChI is InChI=1S/C18H15N5O5/c1-28-13-6-4-12(5-7-13)23-17(26)14(16(25)21-18(23)27)10-20-22-15(24)11-3-2-8-19-9-11/h2-10,26H,1H3,(H,22,24)(H,21,25,27). The number of hydrazone groups is 1. The van der Waals surface area contributed by atoms with Crippen LogP contribution in [0.1, 0.15) is 15.9 Å². The molecule has 0 saturated carbocycles. The van der Waals surface area contributed by atoms with E-state index in [-0.39, 0.29) is 11.1 Å². The van der Waals surface area contributed by atoms with E-state index in [1.165, 1.54) is 37.7 Å². The Morgan fingerprint density at radius 2 is 2.04 bits per heavy atom. The molecule has 0 unspecified atom stereocenters. The van der Waals surface area contributed by atoms with Crippen LogP contribution in [0, 0.1) is 0 Å². The molecule has 0 aliphatic heterocycles. The topological polar surface area (TPSA) is 139 Å². The summed E-state index contributed by atoms with van der Waals surface area (Å²) in [7, 11) is 1.49. The molecular formula is C18H15N5O5. The number of aromatic nitrogens is 3. The molecule has 0 fully saturated rings. The van der Waals surface area contributed by atoms with Crippen LogP contribution in [0.4, 0.5) is 0 Å². The predicted molar refractivity (Wildman–Crippen MR) is 100 cm³/mol. The average Bonchev–Trinajstić information content (AvgIpc) is 2.71. The first-order valence-electron chi connectivity index (χ1n) is 7.97. The zero-order valence-corrected chi connectivity index (χ0v) is 14.6. The number of carbonyl (C=O) groups is 1. The van der Waals surface area contributed by atoms with Gasteiger partial charge in [-0.15, -0.1) is 0 Å². The minimum Gasteiger partial charge on any atom is -0.497 e. The Balaban J connectivity index is 1.92. The molecule has 1 amide bonds. The van der Waals surface area contributed by atoms with E-state index in [9.17, 15) is 19.5 Å².